The van der Waals surface area contributed by atoms with Crippen LogP contribution in [-0.2, 0) is 4.79 Å². The molecule has 0 amide bonds. The summed E-state index contributed by atoms with van der Waals surface area (Å²) in [6, 6.07) is 0. The van der Waals surface area contributed by atoms with Gasteiger partial charge >= 0.3 is 0 Å². The summed E-state index contributed by atoms with van der Waals surface area (Å²) >= 11 is 0. The SMILES string of the molecule is CC.CC=O.CCC.CCNc1c(NC)c(=O)c1=O.CNc1c(NC)c(=O)c1=O. The van der Waals surface area contributed by atoms with Gasteiger partial charge in [0, 0.05) is 27.7 Å². The summed E-state index contributed by atoms with van der Waals surface area (Å²) in [6.07, 6.45) is 2.00. The Bertz CT molecular complexity index is 797. The quantitative estimate of drug-likeness (QED) is 0.428. The summed E-state index contributed by atoms with van der Waals surface area (Å²) in [5.74, 6) is 0. The van der Waals surface area contributed by atoms with Crippen molar-refractivity contribution < 1.29 is 4.79 Å². The third-order valence-corrected chi connectivity index (χ3v) is 2.92. The van der Waals surface area contributed by atoms with Crippen LogP contribution in [0.15, 0.2) is 19.2 Å². The minimum Gasteiger partial charge on any atom is -0.383 e. The monoisotopic (exact) mass is 412 g/mol. The average molecular weight is 413 g/mol. The smallest absolute Gasteiger partial charge is 0.253 e. The van der Waals surface area contributed by atoms with Gasteiger partial charge in [-0.05, 0) is 13.8 Å². The molecule has 0 saturated heterocycles. The molecule has 0 spiro atoms. The fraction of sp³-hybridized carbons (Fsp3) is 0.550. The lowest BCUT2D eigenvalue weighted by molar-refractivity contribution is -0.106. The van der Waals surface area contributed by atoms with E-state index in [1.54, 1.807) is 21.1 Å². The number of carbonyl (C=O) groups excluding carboxylic acids is 1. The second kappa shape index (κ2) is 18.4. The molecular weight excluding hydrogens is 376 g/mol. The lowest BCUT2D eigenvalue weighted by Gasteiger charge is -2.09. The van der Waals surface area contributed by atoms with Crippen molar-refractivity contribution in [3.63, 3.8) is 0 Å². The van der Waals surface area contributed by atoms with E-state index in [4.69, 9.17) is 4.79 Å². The Balaban J connectivity index is -0.000000345. The number of rotatable bonds is 5. The Morgan fingerprint density at radius 1 is 0.655 bits per heavy atom. The maximum atomic E-state index is 10.8. The van der Waals surface area contributed by atoms with Crippen molar-refractivity contribution in [1.29, 1.82) is 0 Å². The van der Waals surface area contributed by atoms with Crippen LogP contribution in [-0.4, -0.2) is 34.0 Å². The second-order valence-electron chi connectivity index (χ2n) is 5.04. The molecule has 2 aromatic rings. The average Bonchev–Trinajstić information content (AvgIpc) is 2.73. The first-order valence-electron chi connectivity index (χ1n) is 9.60. The van der Waals surface area contributed by atoms with Crippen LogP contribution in [0, 0.1) is 0 Å². The Labute approximate surface area is 172 Å². The van der Waals surface area contributed by atoms with Crippen molar-refractivity contribution in [1.82, 2.24) is 0 Å². The minimum atomic E-state index is -0.438. The molecule has 4 N–H and O–H groups in total. The van der Waals surface area contributed by atoms with E-state index in [1.807, 2.05) is 20.8 Å². The zero-order valence-electron chi connectivity index (χ0n) is 19.0. The molecule has 0 aromatic heterocycles. The fourth-order valence-electron chi connectivity index (χ4n) is 1.84. The van der Waals surface area contributed by atoms with Crippen LogP contribution in [0.3, 0.4) is 0 Å². The summed E-state index contributed by atoms with van der Waals surface area (Å²) < 4.78 is 0. The number of aldehydes is 1. The lowest BCUT2D eigenvalue weighted by atomic mass is 10.2. The van der Waals surface area contributed by atoms with Crippen molar-refractivity contribution in [2.24, 2.45) is 0 Å². The first kappa shape index (κ1) is 30.7. The van der Waals surface area contributed by atoms with Crippen LogP contribution in [0.25, 0.3) is 0 Å². The van der Waals surface area contributed by atoms with E-state index in [9.17, 15) is 19.2 Å². The van der Waals surface area contributed by atoms with Gasteiger partial charge < -0.3 is 26.1 Å². The van der Waals surface area contributed by atoms with Crippen LogP contribution >= 0.6 is 0 Å². The summed E-state index contributed by atoms with van der Waals surface area (Å²) in [5.41, 5.74) is -0.143. The van der Waals surface area contributed by atoms with Gasteiger partial charge in [0.2, 0.25) is 0 Å². The number of hydrogen-bond donors (Lipinski definition) is 4. The molecule has 0 saturated carbocycles. The maximum Gasteiger partial charge on any atom is 0.253 e. The van der Waals surface area contributed by atoms with Gasteiger partial charge in [0.05, 0.1) is 0 Å². The largest absolute Gasteiger partial charge is 0.383 e. The first-order valence-corrected chi connectivity index (χ1v) is 9.60. The molecule has 9 nitrogen and oxygen atoms in total. The van der Waals surface area contributed by atoms with Crippen LogP contribution in [0.5, 0.6) is 0 Å². The van der Waals surface area contributed by atoms with Gasteiger partial charge in [-0.1, -0.05) is 34.1 Å². The van der Waals surface area contributed by atoms with E-state index in [0.717, 1.165) is 6.29 Å². The molecule has 2 rings (SSSR count). The Kier molecular flexibility index (Phi) is 19.5. The Morgan fingerprint density at radius 2 is 0.862 bits per heavy atom. The van der Waals surface area contributed by atoms with Crippen LogP contribution in [0.2, 0.25) is 0 Å². The van der Waals surface area contributed by atoms with Crippen molar-refractivity contribution in [2.75, 3.05) is 49.0 Å². The number of nitrogens with one attached hydrogen (secondary N) is 4. The standard InChI is InChI=1S/C7H10N2O2.C6H8N2O2.C3H8.C2H4O.C2H6/c1-3-9-5-4(8-2)6(10)7(5)11;1-7-3-4(8-2)6(10)5(3)9;1-3-2;1-2-3;1-2/h8-9H,3H2,1-2H3;7-8H,1-2H3;3H2,1-2H3;2H,1H3;1-2H3. The molecule has 29 heavy (non-hydrogen) atoms. The highest BCUT2D eigenvalue weighted by Crippen LogP contribution is 2.12. The van der Waals surface area contributed by atoms with Gasteiger partial charge in [0.25, 0.3) is 21.7 Å². The molecule has 0 aliphatic rings. The molecule has 0 unspecified atom stereocenters. The maximum absolute atomic E-state index is 10.8. The zero-order valence-corrected chi connectivity index (χ0v) is 19.0. The molecule has 2 aromatic carbocycles. The Morgan fingerprint density at radius 3 is 1.07 bits per heavy atom. The minimum absolute atomic E-state index is 0.382. The third kappa shape index (κ3) is 9.18. The van der Waals surface area contributed by atoms with Gasteiger partial charge in [-0.25, -0.2) is 0 Å². The van der Waals surface area contributed by atoms with E-state index in [0.29, 0.717) is 29.3 Å². The highest BCUT2D eigenvalue weighted by Gasteiger charge is 2.18. The molecular formula is C20H36N4O5. The second-order valence-corrected chi connectivity index (χ2v) is 5.04. The summed E-state index contributed by atoms with van der Waals surface area (Å²) in [4.78, 5) is 51.7. The summed E-state index contributed by atoms with van der Waals surface area (Å²) in [6.45, 7) is 12.2. The first-order chi connectivity index (χ1) is 13.8. The highest BCUT2D eigenvalue weighted by molar-refractivity contribution is 5.74. The third-order valence-electron chi connectivity index (χ3n) is 2.92. The number of hydrogen-bond acceptors (Lipinski definition) is 9. The van der Waals surface area contributed by atoms with Crippen LogP contribution < -0.4 is 43.0 Å². The molecule has 0 aliphatic heterocycles. The fourth-order valence-corrected chi connectivity index (χ4v) is 1.84. The Hall–Kier alpha value is -2.97. The molecule has 0 atom stereocenters. The summed E-state index contributed by atoms with van der Waals surface area (Å²) in [7, 11) is 4.84. The van der Waals surface area contributed by atoms with E-state index in [2.05, 4.69) is 35.1 Å². The molecule has 0 radical (unpaired) electrons. The van der Waals surface area contributed by atoms with E-state index >= 15 is 0 Å². The van der Waals surface area contributed by atoms with E-state index in [-0.39, 0.29) is 0 Å². The molecule has 9 heteroatoms. The van der Waals surface area contributed by atoms with E-state index in [1.165, 1.54) is 13.3 Å². The molecule has 0 fully saturated rings. The van der Waals surface area contributed by atoms with Crippen molar-refractivity contribution in [3.8, 4) is 0 Å². The molecule has 0 aliphatic carbocycles. The molecule has 0 bridgehead atoms. The van der Waals surface area contributed by atoms with Crippen molar-refractivity contribution in [3.05, 3.63) is 40.9 Å². The van der Waals surface area contributed by atoms with Gasteiger partial charge in [-0.3, -0.25) is 19.2 Å². The van der Waals surface area contributed by atoms with E-state index < -0.39 is 21.7 Å². The van der Waals surface area contributed by atoms with Gasteiger partial charge in [0.1, 0.15) is 29.0 Å². The van der Waals surface area contributed by atoms with Gasteiger partial charge in [-0.2, -0.15) is 0 Å². The lowest BCUT2D eigenvalue weighted by Crippen LogP contribution is -2.36. The number of carbonyl (C=O) groups is 1. The molecule has 166 valence electrons. The summed E-state index contributed by atoms with van der Waals surface area (Å²) in [5, 5.41) is 10.7. The van der Waals surface area contributed by atoms with Gasteiger partial charge in [-0.15, -0.1) is 0 Å². The normalized spacial score (nSPS) is 8.45. The predicted molar refractivity (Wildman–Crippen MR) is 125 cm³/mol. The molecule has 0 heterocycles. The van der Waals surface area contributed by atoms with Crippen LogP contribution in [0.1, 0.15) is 48.0 Å². The highest BCUT2D eigenvalue weighted by atomic mass is 16.2. The van der Waals surface area contributed by atoms with Gasteiger partial charge in [0.15, 0.2) is 0 Å². The number of anilines is 4. The topological polar surface area (TPSA) is 133 Å². The van der Waals surface area contributed by atoms with Crippen molar-refractivity contribution in [2.45, 2.75) is 48.0 Å². The van der Waals surface area contributed by atoms with Crippen molar-refractivity contribution >= 4 is 29.0 Å². The zero-order chi connectivity index (χ0) is 23.6. The predicted octanol–water partition coefficient (Wildman–Crippen LogP) is 1.77. The van der Waals surface area contributed by atoms with Crippen LogP contribution in [0.4, 0.5) is 22.7 Å².